The minimum atomic E-state index is -0.813. The molecule has 0 radical (unpaired) electrons. The van der Waals surface area contributed by atoms with E-state index in [4.69, 9.17) is 9.68 Å². The molecule has 1 aliphatic heterocycles. The third-order valence-electron chi connectivity index (χ3n) is 1.66. The first-order valence-corrected chi connectivity index (χ1v) is 4.37. The molecular formula is C8H6BBrO2. The highest BCUT2D eigenvalue weighted by Crippen LogP contribution is 2.27. The van der Waals surface area contributed by atoms with Gasteiger partial charge in [-0.2, -0.15) is 0 Å². The van der Waals surface area contributed by atoms with Crippen LogP contribution in [0.5, 0.6) is 5.75 Å². The predicted molar refractivity (Wildman–Crippen MR) is 51.8 cm³/mol. The normalized spacial score (nSPS) is 14.0. The van der Waals surface area contributed by atoms with Crippen LogP contribution < -0.4 is 4.65 Å². The molecule has 2 rings (SSSR count). The van der Waals surface area contributed by atoms with Gasteiger partial charge in [-0.1, -0.05) is 28.1 Å². The number of benzene rings is 1. The van der Waals surface area contributed by atoms with Gasteiger partial charge >= 0.3 is 7.12 Å². The summed E-state index contributed by atoms with van der Waals surface area (Å²) in [4.78, 5) is 0. The van der Waals surface area contributed by atoms with Gasteiger partial charge in [0.05, 0.1) is 0 Å². The molecule has 1 aliphatic rings. The van der Waals surface area contributed by atoms with E-state index in [1.54, 1.807) is 5.98 Å². The van der Waals surface area contributed by atoms with Crippen LogP contribution in [0.2, 0.25) is 0 Å². The molecule has 0 unspecified atom stereocenters. The van der Waals surface area contributed by atoms with Crippen LogP contribution in [0.4, 0.5) is 0 Å². The predicted octanol–water partition coefficient (Wildman–Crippen LogP) is 1.87. The van der Waals surface area contributed by atoms with Crippen molar-refractivity contribution in [3.63, 3.8) is 0 Å². The molecule has 0 aliphatic carbocycles. The number of hydrogen-bond acceptors (Lipinski definition) is 2. The average molecular weight is 225 g/mol. The summed E-state index contributed by atoms with van der Waals surface area (Å²) in [6.07, 6.45) is 1.84. The molecule has 0 atom stereocenters. The van der Waals surface area contributed by atoms with Gasteiger partial charge in [-0.25, -0.2) is 0 Å². The Labute approximate surface area is 79.1 Å². The number of halogens is 1. The van der Waals surface area contributed by atoms with Crippen molar-refractivity contribution in [2.75, 3.05) is 0 Å². The summed E-state index contributed by atoms with van der Waals surface area (Å²) >= 11 is 3.32. The lowest BCUT2D eigenvalue weighted by molar-refractivity contribution is 0.428. The lowest BCUT2D eigenvalue weighted by Crippen LogP contribution is -2.21. The summed E-state index contributed by atoms with van der Waals surface area (Å²) in [6.45, 7) is 0. The third-order valence-corrected chi connectivity index (χ3v) is 2.16. The van der Waals surface area contributed by atoms with Crippen molar-refractivity contribution in [1.82, 2.24) is 0 Å². The van der Waals surface area contributed by atoms with E-state index in [9.17, 15) is 0 Å². The van der Waals surface area contributed by atoms with Gasteiger partial charge in [0.2, 0.25) is 0 Å². The molecule has 0 amide bonds. The molecule has 2 nitrogen and oxygen atoms in total. The SMILES string of the molecule is OB1C=Cc2ccc(Br)cc2O1. The van der Waals surface area contributed by atoms with E-state index in [-0.39, 0.29) is 0 Å². The minimum Gasteiger partial charge on any atom is -0.532 e. The molecule has 12 heavy (non-hydrogen) atoms. The Hall–Kier alpha value is -0.735. The Morgan fingerprint density at radius 3 is 3.08 bits per heavy atom. The smallest absolute Gasteiger partial charge is 0.532 e. The lowest BCUT2D eigenvalue weighted by atomic mass is 9.86. The maximum atomic E-state index is 9.12. The van der Waals surface area contributed by atoms with Gasteiger partial charge in [0, 0.05) is 10.0 Å². The van der Waals surface area contributed by atoms with E-state index in [0.717, 1.165) is 10.0 Å². The van der Waals surface area contributed by atoms with E-state index in [0.29, 0.717) is 5.75 Å². The second-order valence-electron chi connectivity index (χ2n) is 2.55. The Kier molecular flexibility index (Phi) is 1.94. The third kappa shape index (κ3) is 1.40. The maximum absolute atomic E-state index is 9.12. The van der Waals surface area contributed by atoms with E-state index in [1.807, 2.05) is 24.3 Å². The highest BCUT2D eigenvalue weighted by Gasteiger charge is 2.17. The fraction of sp³-hybridized carbons (Fsp3) is 0. The van der Waals surface area contributed by atoms with Crippen molar-refractivity contribution in [1.29, 1.82) is 0 Å². The first-order chi connectivity index (χ1) is 5.75. The lowest BCUT2D eigenvalue weighted by Gasteiger charge is -2.14. The van der Waals surface area contributed by atoms with Gasteiger partial charge in [-0.05, 0) is 18.1 Å². The first-order valence-electron chi connectivity index (χ1n) is 3.58. The number of rotatable bonds is 0. The van der Waals surface area contributed by atoms with E-state index < -0.39 is 7.12 Å². The second-order valence-corrected chi connectivity index (χ2v) is 3.47. The zero-order valence-corrected chi connectivity index (χ0v) is 7.78. The van der Waals surface area contributed by atoms with Gasteiger partial charge in [-0.15, -0.1) is 0 Å². The summed E-state index contributed by atoms with van der Waals surface area (Å²) in [5.74, 6) is 2.32. The van der Waals surface area contributed by atoms with Crippen LogP contribution in [0.3, 0.4) is 0 Å². The van der Waals surface area contributed by atoms with Crippen LogP contribution >= 0.6 is 15.9 Å². The van der Waals surface area contributed by atoms with Crippen molar-refractivity contribution in [3.8, 4) is 5.75 Å². The molecule has 0 aromatic heterocycles. The van der Waals surface area contributed by atoms with Crippen molar-refractivity contribution in [2.24, 2.45) is 0 Å². The Bertz CT molecular complexity index is 338. The summed E-state index contributed by atoms with van der Waals surface area (Å²) in [5, 5.41) is 9.12. The van der Waals surface area contributed by atoms with Gasteiger partial charge in [0.15, 0.2) is 0 Å². The highest BCUT2D eigenvalue weighted by molar-refractivity contribution is 9.10. The van der Waals surface area contributed by atoms with Crippen molar-refractivity contribution in [2.45, 2.75) is 0 Å². The number of hydrogen-bond donors (Lipinski definition) is 1. The molecule has 0 saturated carbocycles. The Morgan fingerprint density at radius 1 is 1.42 bits per heavy atom. The molecule has 0 saturated heterocycles. The van der Waals surface area contributed by atoms with Gasteiger partial charge in [0.1, 0.15) is 5.75 Å². The fourth-order valence-electron chi connectivity index (χ4n) is 1.10. The topological polar surface area (TPSA) is 29.5 Å². The summed E-state index contributed by atoms with van der Waals surface area (Å²) < 4.78 is 6.10. The van der Waals surface area contributed by atoms with E-state index in [2.05, 4.69) is 15.9 Å². The molecule has 0 fully saturated rings. The molecule has 1 aromatic rings. The maximum Gasteiger partial charge on any atom is 0.552 e. The summed E-state index contributed by atoms with van der Waals surface area (Å²) in [6, 6.07) is 5.70. The Balaban J connectivity index is 2.47. The quantitative estimate of drug-likeness (QED) is 0.682. The van der Waals surface area contributed by atoms with Crippen LogP contribution in [0.1, 0.15) is 5.56 Å². The van der Waals surface area contributed by atoms with Crippen LogP contribution in [-0.2, 0) is 0 Å². The zero-order chi connectivity index (χ0) is 8.55. The molecular weight excluding hydrogens is 219 g/mol. The first kappa shape index (κ1) is 7.89. The van der Waals surface area contributed by atoms with Crippen LogP contribution in [-0.4, -0.2) is 12.1 Å². The van der Waals surface area contributed by atoms with Crippen molar-refractivity contribution < 1.29 is 9.68 Å². The molecule has 1 heterocycles. The standard InChI is InChI=1S/C8H6BBrO2/c10-7-2-1-6-3-4-9(11)12-8(6)5-7/h1-5,11H. The number of fused-ring (bicyclic) bond motifs is 1. The monoisotopic (exact) mass is 224 g/mol. The molecule has 60 valence electrons. The second kappa shape index (κ2) is 2.96. The Morgan fingerprint density at radius 2 is 2.25 bits per heavy atom. The van der Waals surface area contributed by atoms with E-state index in [1.165, 1.54) is 0 Å². The molecule has 0 bridgehead atoms. The fourth-order valence-corrected chi connectivity index (χ4v) is 1.44. The minimum absolute atomic E-state index is 0.708. The van der Waals surface area contributed by atoms with Gasteiger partial charge in [0.25, 0.3) is 0 Å². The van der Waals surface area contributed by atoms with E-state index >= 15 is 0 Å². The molecule has 1 N–H and O–H groups in total. The van der Waals surface area contributed by atoms with Crippen LogP contribution in [0.25, 0.3) is 6.08 Å². The largest absolute Gasteiger partial charge is 0.552 e. The van der Waals surface area contributed by atoms with Crippen LogP contribution in [0.15, 0.2) is 28.6 Å². The summed E-state index contributed by atoms with van der Waals surface area (Å²) in [7, 11) is -0.813. The molecule has 4 heteroatoms. The van der Waals surface area contributed by atoms with Crippen molar-refractivity contribution >= 4 is 29.1 Å². The molecule has 1 aromatic carbocycles. The van der Waals surface area contributed by atoms with Gasteiger partial charge in [-0.3, -0.25) is 0 Å². The van der Waals surface area contributed by atoms with Crippen molar-refractivity contribution in [3.05, 3.63) is 34.2 Å². The average Bonchev–Trinajstić information content (AvgIpc) is 2.03. The highest BCUT2D eigenvalue weighted by atomic mass is 79.9. The summed E-state index contributed by atoms with van der Waals surface area (Å²) in [5.41, 5.74) is 0.989. The molecule has 0 spiro atoms. The zero-order valence-electron chi connectivity index (χ0n) is 6.20. The van der Waals surface area contributed by atoms with Crippen LogP contribution in [0, 0.1) is 0 Å². The van der Waals surface area contributed by atoms with Gasteiger partial charge < -0.3 is 9.68 Å².